The van der Waals surface area contributed by atoms with Crippen LogP contribution in [0.2, 0.25) is 0 Å². The van der Waals surface area contributed by atoms with Crippen LogP contribution in [-0.2, 0) is 19.1 Å². The molecule has 1 aromatic carbocycles. The van der Waals surface area contributed by atoms with Crippen LogP contribution in [0.5, 0.6) is 0 Å². The lowest BCUT2D eigenvalue weighted by Gasteiger charge is -2.40. The Balaban J connectivity index is 1.42. The van der Waals surface area contributed by atoms with Crippen molar-refractivity contribution in [1.29, 1.82) is 0 Å². The molecule has 152 valence electrons. The van der Waals surface area contributed by atoms with E-state index < -0.39 is 5.92 Å². The van der Waals surface area contributed by atoms with Gasteiger partial charge in [0.25, 0.3) is 0 Å². The third-order valence-corrected chi connectivity index (χ3v) is 7.50. The number of likely N-dealkylation sites (tertiary alicyclic amines) is 1. The van der Waals surface area contributed by atoms with Crippen molar-refractivity contribution < 1.29 is 28.7 Å². The standard InChI is InChI=1S/C22H30NO5/c1-3-27-20(25)13-23(2)19-12-17(11-16-9-10-22(16,19)23)28-21(26)18(14-24)15-7-5-4-6-8-15/h4-8,16-19,24H,3,9-14H2,1-2H3/q+1. The molecule has 2 saturated carbocycles. The summed E-state index contributed by atoms with van der Waals surface area (Å²) in [5.41, 5.74) is 0.962. The molecule has 28 heavy (non-hydrogen) atoms. The van der Waals surface area contributed by atoms with Crippen molar-refractivity contribution in [2.24, 2.45) is 5.92 Å². The molecule has 6 nitrogen and oxygen atoms in total. The molecule has 0 radical (unpaired) electrons. The number of carbonyl (C=O) groups is 2. The number of esters is 2. The average molecular weight is 388 g/mol. The summed E-state index contributed by atoms with van der Waals surface area (Å²) in [4.78, 5) is 24.8. The quantitative estimate of drug-likeness (QED) is 0.439. The van der Waals surface area contributed by atoms with Crippen molar-refractivity contribution in [3.05, 3.63) is 35.9 Å². The summed E-state index contributed by atoms with van der Waals surface area (Å²) in [6.07, 6.45) is 3.76. The molecule has 2 aliphatic carbocycles. The first-order valence-corrected chi connectivity index (χ1v) is 10.3. The Morgan fingerprint density at radius 2 is 2.04 bits per heavy atom. The van der Waals surface area contributed by atoms with Gasteiger partial charge in [0.2, 0.25) is 0 Å². The van der Waals surface area contributed by atoms with E-state index in [0.29, 0.717) is 25.1 Å². The number of hydrogen-bond donors (Lipinski definition) is 1. The van der Waals surface area contributed by atoms with E-state index in [-0.39, 0.29) is 30.2 Å². The number of rotatable bonds is 7. The first-order valence-electron chi connectivity index (χ1n) is 10.3. The van der Waals surface area contributed by atoms with Gasteiger partial charge in [0.1, 0.15) is 18.1 Å². The number of aliphatic hydroxyl groups excluding tert-OH is 1. The van der Waals surface area contributed by atoms with Crippen LogP contribution in [0.4, 0.5) is 0 Å². The minimum atomic E-state index is -0.645. The maximum Gasteiger partial charge on any atom is 0.361 e. The molecule has 1 N–H and O–H groups in total. The number of quaternary nitrogens is 1. The molecule has 1 heterocycles. The zero-order chi connectivity index (χ0) is 19.9. The molecular formula is C22H30NO5+. The van der Waals surface area contributed by atoms with Crippen molar-refractivity contribution in [2.45, 2.75) is 56.2 Å². The highest BCUT2D eigenvalue weighted by atomic mass is 16.5. The average Bonchev–Trinajstić information content (AvgIpc) is 3.19. The summed E-state index contributed by atoms with van der Waals surface area (Å²) in [7, 11) is 2.15. The van der Waals surface area contributed by atoms with E-state index in [2.05, 4.69) is 7.05 Å². The SMILES string of the molecule is CCOC(=O)C[N+]1(C)C2CC(OC(=O)C(CO)c3ccccc3)CC3CCC321. The Morgan fingerprint density at radius 1 is 1.29 bits per heavy atom. The fourth-order valence-corrected chi connectivity index (χ4v) is 6.04. The van der Waals surface area contributed by atoms with E-state index in [4.69, 9.17) is 9.47 Å². The highest BCUT2D eigenvalue weighted by molar-refractivity contribution is 5.78. The summed E-state index contributed by atoms with van der Waals surface area (Å²) >= 11 is 0. The molecule has 1 aliphatic heterocycles. The van der Waals surface area contributed by atoms with Crippen molar-refractivity contribution >= 4 is 11.9 Å². The Bertz CT molecular complexity index is 753. The molecule has 0 aromatic heterocycles. The van der Waals surface area contributed by atoms with Crippen LogP contribution < -0.4 is 0 Å². The van der Waals surface area contributed by atoms with Crippen LogP contribution >= 0.6 is 0 Å². The van der Waals surface area contributed by atoms with Crippen molar-refractivity contribution in [3.8, 4) is 0 Å². The van der Waals surface area contributed by atoms with Gasteiger partial charge < -0.3 is 14.6 Å². The molecule has 1 saturated heterocycles. The van der Waals surface area contributed by atoms with Crippen LogP contribution in [0.1, 0.15) is 44.1 Å². The lowest BCUT2D eigenvalue weighted by atomic mass is 9.64. The maximum absolute atomic E-state index is 12.7. The van der Waals surface area contributed by atoms with Crippen LogP contribution in [0.25, 0.3) is 0 Å². The number of nitrogens with zero attached hydrogens (tertiary/aromatic N) is 1. The van der Waals surface area contributed by atoms with Crippen LogP contribution in [0, 0.1) is 5.92 Å². The molecule has 6 heteroatoms. The first-order chi connectivity index (χ1) is 13.5. The molecule has 3 aliphatic rings. The molecule has 1 spiro atoms. The zero-order valence-corrected chi connectivity index (χ0v) is 16.7. The van der Waals surface area contributed by atoms with Gasteiger partial charge >= 0.3 is 11.9 Å². The summed E-state index contributed by atoms with van der Waals surface area (Å²) in [6.45, 7) is 2.38. The Labute approximate surface area is 166 Å². The van der Waals surface area contributed by atoms with Gasteiger partial charge in [-0.25, -0.2) is 4.79 Å². The largest absolute Gasteiger partial charge is 0.462 e. The second-order valence-corrected chi connectivity index (χ2v) is 8.65. The number of aliphatic hydroxyl groups is 1. The van der Waals surface area contributed by atoms with Crippen molar-refractivity contribution in [3.63, 3.8) is 0 Å². The van der Waals surface area contributed by atoms with E-state index in [9.17, 15) is 14.7 Å². The zero-order valence-electron chi connectivity index (χ0n) is 16.7. The van der Waals surface area contributed by atoms with Crippen LogP contribution in [0.3, 0.4) is 0 Å². The smallest absolute Gasteiger partial charge is 0.361 e. The van der Waals surface area contributed by atoms with Gasteiger partial charge in [0, 0.05) is 18.8 Å². The Hall–Kier alpha value is -1.92. The summed E-state index contributed by atoms with van der Waals surface area (Å²) in [5, 5.41) is 9.72. The minimum absolute atomic E-state index is 0.141. The fourth-order valence-electron chi connectivity index (χ4n) is 6.04. The van der Waals surface area contributed by atoms with Gasteiger partial charge in [0.05, 0.1) is 20.3 Å². The van der Waals surface area contributed by atoms with Gasteiger partial charge in [0.15, 0.2) is 12.1 Å². The monoisotopic (exact) mass is 388 g/mol. The molecule has 0 bridgehead atoms. The Morgan fingerprint density at radius 3 is 2.64 bits per heavy atom. The summed E-state index contributed by atoms with van der Waals surface area (Å²) < 4.78 is 11.8. The van der Waals surface area contributed by atoms with Crippen molar-refractivity contribution in [2.75, 3.05) is 26.8 Å². The van der Waals surface area contributed by atoms with Gasteiger partial charge in [-0.2, -0.15) is 0 Å². The maximum atomic E-state index is 12.7. The van der Waals surface area contributed by atoms with Gasteiger partial charge in [-0.15, -0.1) is 0 Å². The Kier molecular flexibility index (Phi) is 4.96. The van der Waals surface area contributed by atoms with Gasteiger partial charge in [-0.3, -0.25) is 9.28 Å². The van der Waals surface area contributed by atoms with Crippen LogP contribution in [0.15, 0.2) is 30.3 Å². The third kappa shape index (κ3) is 2.85. The predicted molar refractivity (Wildman–Crippen MR) is 102 cm³/mol. The molecule has 0 amide bonds. The predicted octanol–water partition coefficient (Wildman–Crippen LogP) is 2.01. The molecule has 6 unspecified atom stereocenters. The van der Waals surface area contributed by atoms with E-state index in [1.807, 2.05) is 37.3 Å². The molecule has 1 aromatic rings. The van der Waals surface area contributed by atoms with Crippen molar-refractivity contribution in [1.82, 2.24) is 0 Å². The summed E-state index contributed by atoms with van der Waals surface area (Å²) in [5.74, 6) is -0.648. The highest BCUT2D eigenvalue weighted by Crippen LogP contribution is 2.69. The van der Waals surface area contributed by atoms with Crippen LogP contribution in [-0.4, -0.2) is 66.0 Å². The molecule has 3 fully saturated rings. The number of likely N-dealkylation sites (N-methyl/N-ethyl adjacent to an activating group) is 1. The number of ether oxygens (including phenoxy) is 2. The third-order valence-electron chi connectivity index (χ3n) is 7.50. The molecule has 4 rings (SSSR count). The topological polar surface area (TPSA) is 72.8 Å². The van der Waals surface area contributed by atoms with Gasteiger partial charge in [-0.05, 0) is 25.3 Å². The van der Waals surface area contributed by atoms with E-state index in [0.717, 1.165) is 35.7 Å². The molecule has 6 atom stereocenters. The number of hydrogen-bond acceptors (Lipinski definition) is 5. The number of carbonyl (C=O) groups excluding carboxylic acids is 2. The lowest BCUT2D eigenvalue weighted by Crippen LogP contribution is -2.50. The second-order valence-electron chi connectivity index (χ2n) is 8.65. The highest BCUT2D eigenvalue weighted by Gasteiger charge is 2.85. The van der Waals surface area contributed by atoms with E-state index >= 15 is 0 Å². The number of benzene rings is 1. The fraction of sp³-hybridized carbons (Fsp3) is 0.636. The molecular weight excluding hydrogens is 358 g/mol. The normalized spacial score (nSPS) is 36.3. The first kappa shape index (κ1) is 19.4. The summed E-state index contributed by atoms with van der Waals surface area (Å²) in [6, 6.07) is 9.64. The second kappa shape index (κ2) is 7.16. The van der Waals surface area contributed by atoms with E-state index in [1.54, 1.807) is 0 Å². The van der Waals surface area contributed by atoms with E-state index in [1.165, 1.54) is 0 Å². The van der Waals surface area contributed by atoms with Gasteiger partial charge in [-0.1, -0.05) is 30.3 Å². The minimum Gasteiger partial charge on any atom is -0.462 e. The lowest BCUT2D eigenvalue weighted by molar-refractivity contribution is -0.820.